The molecule has 0 bridgehead atoms. The van der Waals surface area contributed by atoms with Crippen LogP contribution in [0.5, 0.6) is 0 Å². The van der Waals surface area contributed by atoms with Crippen molar-refractivity contribution in [1.29, 1.82) is 0 Å². The van der Waals surface area contributed by atoms with Gasteiger partial charge in [-0.05, 0) is 59.5 Å². The van der Waals surface area contributed by atoms with Gasteiger partial charge in [-0.25, -0.2) is 4.68 Å². The Morgan fingerprint density at radius 2 is 1.83 bits per heavy atom. The fourth-order valence-electron chi connectivity index (χ4n) is 3.43. The first-order valence-electron chi connectivity index (χ1n) is 9.50. The van der Waals surface area contributed by atoms with Gasteiger partial charge >= 0.3 is 0 Å². The normalized spacial score (nSPS) is 15.7. The topological polar surface area (TPSA) is 93.1 Å². The molecular formula is C22H19BrN4O3. The number of para-hydroxylation sites is 2. The fourth-order valence-corrected chi connectivity index (χ4v) is 3.78. The van der Waals surface area contributed by atoms with Crippen molar-refractivity contribution in [2.75, 3.05) is 5.32 Å². The van der Waals surface area contributed by atoms with Crippen LogP contribution in [0.3, 0.4) is 0 Å². The third-order valence-electron chi connectivity index (χ3n) is 5.07. The van der Waals surface area contributed by atoms with Crippen LogP contribution >= 0.6 is 15.9 Å². The molecule has 1 unspecified atom stereocenters. The van der Waals surface area contributed by atoms with Crippen LogP contribution in [0, 0.1) is 6.92 Å². The van der Waals surface area contributed by atoms with E-state index in [1.165, 1.54) is 4.68 Å². The van der Waals surface area contributed by atoms with E-state index in [0.29, 0.717) is 24.2 Å². The van der Waals surface area contributed by atoms with Crippen LogP contribution in [0.25, 0.3) is 5.69 Å². The molecular weight excluding hydrogens is 448 g/mol. The summed E-state index contributed by atoms with van der Waals surface area (Å²) in [4.78, 5) is 38.2. The monoisotopic (exact) mass is 466 g/mol. The molecule has 1 aliphatic heterocycles. The summed E-state index contributed by atoms with van der Waals surface area (Å²) in [5.41, 5.74) is 2.24. The Bertz CT molecular complexity index is 1190. The molecule has 0 spiro atoms. The maximum absolute atomic E-state index is 12.9. The highest BCUT2D eigenvalue weighted by atomic mass is 79.9. The molecule has 2 heterocycles. The second kappa shape index (κ2) is 8.23. The fraction of sp³-hybridized carbons (Fsp3) is 0.182. The number of hydrogen-bond donors (Lipinski definition) is 2. The van der Waals surface area contributed by atoms with E-state index in [0.717, 1.165) is 11.3 Å². The van der Waals surface area contributed by atoms with E-state index in [1.807, 2.05) is 54.6 Å². The second-order valence-electron chi connectivity index (χ2n) is 7.04. The molecule has 2 amide bonds. The minimum Gasteiger partial charge on any atom is -0.339 e. The average molecular weight is 467 g/mol. The SMILES string of the molecule is Cc1c(Br)c(=O)c(C(=O)NC2CCc3ccccc3NC2=O)nn1-c1ccccc1. The van der Waals surface area contributed by atoms with Crippen molar-refractivity contribution in [2.24, 2.45) is 0 Å². The Kier molecular flexibility index (Phi) is 5.50. The highest BCUT2D eigenvalue weighted by molar-refractivity contribution is 9.10. The number of carbonyl (C=O) groups excluding carboxylic acids is 2. The first kappa shape index (κ1) is 20.0. The molecule has 3 aromatic rings. The average Bonchev–Trinajstić information content (AvgIpc) is 2.91. The molecule has 0 saturated heterocycles. The molecule has 2 aromatic carbocycles. The third kappa shape index (κ3) is 3.78. The van der Waals surface area contributed by atoms with Crippen molar-refractivity contribution in [1.82, 2.24) is 15.1 Å². The lowest BCUT2D eigenvalue weighted by molar-refractivity contribution is -0.118. The highest BCUT2D eigenvalue weighted by Crippen LogP contribution is 2.22. The van der Waals surface area contributed by atoms with Crippen molar-refractivity contribution in [3.63, 3.8) is 0 Å². The number of hydrogen-bond acceptors (Lipinski definition) is 4. The van der Waals surface area contributed by atoms with Gasteiger partial charge in [-0.15, -0.1) is 0 Å². The quantitative estimate of drug-likeness (QED) is 0.620. The Morgan fingerprint density at radius 3 is 2.60 bits per heavy atom. The number of halogens is 1. The maximum Gasteiger partial charge on any atom is 0.276 e. The van der Waals surface area contributed by atoms with Crippen molar-refractivity contribution in [3.8, 4) is 5.69 Å². The Hall–Kier alpha value is -3.26. The van der Waals surface area contributed by atoms with Gasteiger partial charge in [0.2, 0.25) is 11.3 Å². The second-order valence-corrected chi connectivity index (χ2v) is 7.83. The Labute approximate surface area is 181 Å². The zero-order valence-electron chi connectivity index (χ0n) is 16.2. The van der Waals surface area contributed by atoms with Crippen LogP contribution in [0.2, 0.25) is 0 Å². The molecule has 7 nitrogen and oxygen atoms in total. The van der Waals surface area contributed by atoms with Gasteiger partial charge in [0.15, 0.2) is 5.69 Å². The minimum atomic E-state index is -0.767. The minimum absolute atomic E-state index is 0.254. The van der Waals surface area contributed by atoms with Gasteiger partial charge in [0.05, 0.1) is 15.9 Å². The van der Waals surface area contributed by atoms with E-state index in [1.54, 1.807) is 6.92 Å². The maximum atomic E-state index is 12.9. The molecule has 0 radical (unpaired) electrons. The summed E-state index contributed by atoms with van der Waals surface area (Å²) < 4.78 is 1.79. The van der Waals surface area contributed by atoms with Crippen LogP contribution in [-0.4, -0.2) is 27.6 Å². The van der Waals surface area contributed by atoms with Crippen molar-refractivity contribution in [3.05, 3.63) is 86.2 Å². The van der Waals surface area contributed by atoms with E-state index >= 15 is 0 Å². The number of aryl methyl sites for hydroxylation is 1. The predicted octanol–water partition coefficient (Wildman–Crippen LogP) is 2.99. The lowest BCUT2D eigenvalue weighted by atomic mass is 10.1. The Balaban J connectivity index is 1.63. The third-order valence-corrected chi connectivity index (χ3v) is 6.00. The summed E-state index contributed by atoms with van der Waals surface area (Å²) >= 11 is 3.28. The molecule has 8 heteroatoms. The molecule has 2 N–H and O–H groups in total. The standard InChI is InChI=1S/C22H19BrN4O3/c1-13-18(23)20(28)19(26-27(13)15-8-3-2-4-9-15)22(30)25-17-12-11-14-7-5-6-10-16(14)24-21(17)29/h2-10,17H,11-12H2,1H3,(H,24,29)(H,25,30). The number of rotatable bonds is 3. The molecule has 0 aliphatic carbocycles. The van der Waals surface area contributed by atoms with Gasteiger partial charge in [0, 0.05) is 5.69 Å². The van der Waals surface area contributed by atoms with Gasteiger partial charge < -0.3 is 10.6 Å². The van der Waals surface area contributed by atoms with E-state index in [9.17, 15) is 14.4 Å². The van der Waals surface area contributed by atoms with Crippen molar-refractivity contribution < 1.29 is 9.59 Å². The van der Waals surface area contributed by atoms with Crippen LogP contribution in [-0.2, 0) is 11.2 Å². The van der Waals surface area contributed by atoms with Crippen molar-refractivity contribution in [2.45, 2.75) is 25.8 Å². The van der Waals surface area contributed by atoms with Crippen molar-refractivity contribution >= 4 is 33.4 Å². The zero-order valence-corrected chi connectivity index (χ0v) is 17.8. The Morgan fingerprint density at radius 1 is 1.13 bits per heavy atom. The van der Waals surface area contributed by atoms with Gasteiger partial charge in [0.1, 0.15) is 6.04 Å². The lowest BCUT2D eigenvalue weighted by Gasteiger charge is -2.16. The smallest absolute Gasteiger partial charge is 0.276 e. The van der Waals surface area contributed by atoms with E-state index < -0.39 is 17.4 Å². The number of nitrogens with zero attached hydrogens (tertiary/aromatic N) is 2. The highest BCUT2D eigenvalue weighted by Gasteiger charge is 2.28. The van der Waals surface area contributed by atoms with Gasteiger partial charge in [-0.3, -0.25) is 14.4 Å². The molecule has 1 aromatic heterocycles. The number of aromatic nitrogens is 2. The van der Waals surface area contributed by atoms with Gasteiger partial charge in [-0.2, -0.15) is 5.10 Å². The van der Waals surface area contributed by atoms with E-state index in [2.05, 4.69) is 31.7 Å². The summed E-state index contributed by atoms with van der Waals surface area (Å²) in [5.74, 6) is -1.00. The van der Waals surface area contributed by atoms with Gasteiger partial charge in [-0.1, -0.05) is 36.4 Å². The van der Waals surface area contributed by atoms with Crippen LogP contribution in [0.4, 0.5) is 5.69 Å². The molecule has 30 heavy (non-hydrogen) atoms. The molecule has 1 atom stereocenters. The van der Waals surface area contributed by atoms with Crippen LogP contribution < -0.4 is 16.1 Å². The first-order valence-corrected chi connectivity index (χ1v) is 10.3. The van der Waals surface area contributed by atoms with E-state index in [4.69, 9.17) is 0 Å². The summed E-state index contributed by atoms with van der Waals surface area (Å²) in [7, 11) is 0. The first-order chi connectivity index (χ1) is 14.5. The summed E-state index contributed by atoms with van der Waals surface area (Å²) in [6.07, 6.45) is 1.05. The summed E-state index contributed by atoms with van der Waals surface area (Å²) in [6.45, 7) is 1.74. The number of fused-ring (bicyclic) bond motifs is 1. The number of nitrogens with one attached hydrogen (secondary N) is 2. The molecule has 4 rings (SSSR count). The number of anilines is 1. The summed E-state index contributed by atoms with van der Waals surface area (Å²) in [5, 5.41) is 9.80. The predicted molar refractivity (Wildman–Crippen MR) is 117 cm³/mol. The molecule has 0 saturated carbocycles. The van der Waals surface area contributed by atoms with E-state index in [-0.39, 0.29) is 16.1 Å². The molecule has 152 valence electrons. The largest absolute Gasteiger partial charge is 0.339 e. The molecule has 1 aliphatic rings. The van der Waals surface area contributed by atoms with Gasteiger partial charge in [0.25, 0.3) is 5.91 Å². The number of carbonyl (C=O) groups is 2. The van der Waals surface area contributed by atoms with Crippen LogP contribution in [0.15, 0.2) is 63.9 Å². The number of amides is 2. The lowest BCUT2D eigenvalue weighted by Crippen LogP contribution is -2.45. The number of benzene rings is 2. The summed E-state index contributed by atoms with van der Waals surface area (Å²) in [6, 6.07) is 16.0. The van der Waals surface area contributed by atoms with Crippen LogP contribution in [0.1, 0.15) is 28.2 Å². The zero-order chi connectivity index (χ0) is 21.3. The molecule has 0 fully saturated rings.